The summed E-state index contributed by atoms with van der Waals surface area (Å²) in [6.45, 7) is 2.42. The molecule has 0 saturated heterocycles. The van der Waals surface area contributed by atoms with E-state index in [1.54, 1.807) is 24.3 Å². The fourth-order valence-corrected chi connectivity index (χ4v) is 2.37. The number of aromatic nitrogens is 1. The highest BCUT2D eigenvalue weighted by Gasteiger charge is 2.14. The van der Waals surface area contributed by atoms with Gasteiger partial charge in [-0.1, -0.05) is 0 Å². The summed E-state index contributed by atoms with van der Waals surface area (Å²) in [6, 6.07) is 11.6. The number of nitrogens with one attached hydrogen (secondary N) is 2. The SMILES string of the molecule is CCOc1ccc(NC(=O)c2ccc(Nc3ccc(F)c(F)c3F)nc2)cc1. The van der Waals surface area contributed by atoms with Gasteiger partial charge in [-0.25, -0.2) is 18.2 Å². The number of carbonyl (C=O) groups excluding carboxylic acids is 1. The molecule has 0 bridgehead atoms. The minimum absolute atomic E-state index is 0.169. The number of rotatable bonds is 6. The van der Waals surface area contributed by atoms with Crippen LogP contribution in [0.4, 0.5) is 30.4 Å². The number of hydrogen-bond acceptors (Lipinski definition) is 4. The van der Waals surface area contributed by atoms with Crippen LogP contribution in [0.3, 0.4) is 0 Å². The number of nitrogens with zero attached hydrogens (tertiary/aromatic N) is 1. The smallest absolute Gasteiger partial charge is 0.257 e. The summed E-state index contributed by atoms with van der Waals surface area (Å²) in [6.07, 6.45) is 1.28. The van der Waals surface area contributed by atoms with E-state index in [4.69, 9.17) is 4.74 Å². The maximum absolute atomic E-state index is 13.7. The Hall–Kier alpha value is -3.55. The molecular formula is C20H16F3N3O2. The van der Waals surface area contributed by atoms with Crippen LogP contribution in [0, 0.1) is 17.5 Å². The van der Waals surface area contributed by atoms with Crippen molar-refractivity contribution >= 4 is 23.1 Å². The van der Waals surface area contributed by atoms with Crippen LogP contribution in [0.1, 0.15) is 17.3 Å². The van der Waals surface area contributed by atoms with E-state index in [-0.39, 0.29) is 23.0 Å². The summed E-state index contributed by atoms with van der Waals surface area (Å²) >= 11 is 0. The minimum atomic E-state index is -1.57. The van der Waals surface area contributed by atoms with Crippen LogP contribution in [0.2, 0.25) is 0 Å². The van der Waals surface area contributed by atoms with Gasteiger partial charge in [0.2, 0.25) is 0 Å². The summed E-state index contributed by atoms with van der Waals surface area (Å²) in [7, 11) is 0. The normalized spacial score (nSPS) is 10.4. The van der Waals surface area contributed by atoms with E-state index in [0.717, 1.165) is 12.1 Å². The van der Waals surface area contributed by atoms with E-state index >= 15 is 0 Å². The van der Waals surface area contributed by atoms with E-state index in [1.807, 2.05) is 6.92 Å². The summed E-state index contributed by atoms with van der Waals surface area (Å²) < 4.78 is 45.3. The lowest BCUT2D eigenvalue weighted by Crippen LogP contribution is -2.12. The van der Waals surface area contributed by atoms with Crippen molar-refractivity contribution in [3.63, 3.8) is 0 Å². The zero-order valence-electron chi connectivity index (χ0n) is 14.8. The lowest BCUT2D eigenvalue weighted by Gasteiger charge is -2.09. The van der Waals surface area contributed by atoms with E-state index < -0.39 is 17.5 Å². The molecule has 8 heteroatoms. The van der Waals surface area contributed by atoms with Crippen LogP contribution in [0.5, 0.6) is 5.75 Å². The zero-order chi connectivity index (χ0) is 20.1. The molecule has 0 aliphatic heterocycles. The van der Waals surface area contributed by atoms with Crippen molar-refractivity contribution in [3.8, 4) is 5.75 Å². The summed E-state index contributed by atoms with van der Waals surface area (Å²) in [5.74, 6) is -3.72. The largest absolute Gasteiger partial charge is 0.494 e. The monoisotopic (exact) mass is 387 g/mol. The molecule has 0 aliphatic carbocycles. The molecule has 0 fully saturated rings. The Balaban J connectivity index is 1.66. The van der Waals surface area contributed by atoms with Gasteiger partial charge in [-0.2, -0.15) is 0 Å². The Bertz CT molecular complexity index is 977. The van der Waals surface area contributed by atoms with Gasteiger partial charge in [0.25, 0.3) is 5.91 Å². The van der Waals surface area contributed by atoms with Gasteiger partial charge >= 0.3 is 0 Å². The number of ether oxygens (including phenoxy) is 1. The third-order valence-electron chi connectivity index (χ3n) is 3.75. The molecule has 2 N–H and O–H groups in total. The van der Waals surface area contributed by atoms with Crippen molar-refractivity contribution in [3.05, 3.63) is 77.7 Å². The number of anilines is 3. The van der Waals surface area contributed by atoms with Gasteiger partial charge in [-0.3, -0.25) is 4.79 Å². The number of carbonyl (C=O) groups is 1. The summed E-state index contributed by atoms with van der Waals surface area (Å²) in [4.78, 5) is 16.3. The van der Waals surface area contributed by atoms with Gasteiger partial charge in [-0.15, -0.1) is 0 Å². The molecular weight excluding hydrogens is 371 g/mol. The van der Waals surface area contributed by atoms with Crippen LogP contribution in [-0.4, -0.2) is 17.5 Å². The maximum Gasteiger partial charge on any atom is 0.257 e. The number of halogens is 3. The summed E-state index contributed by atoms with van der Waals surface area (Å²) in [5.41, 5.74) is 0.586. The van der Waals surface area contributed by atoms with Crippen molar-refractivity contribution in [2.24, 2.45) is 0 Å². The van der Waals surface area contributed by atoms with Crippen LogP contribution < -0.4 is 15.4 Å². The molecule has 1 aromatic heterocycles. The third-order valence-corrected chi connectivity index (χ3v) is 3.75. The van der Waals surface area contributed by atoms with E-state index in [1.165, 1.54) is 18.3 Å². The minimum Gasteiger partial charge on any atom is -0.494 e. The van der Waals surface area contributed by atoms with Crippen molar-refractivity contribution in [1.29, 1.82) is 0 Å². The van der Waals surface area contributed by atoms with Gasteiger partial charge in [0.05, 0.1) is 17.9 Å². The van der Waals surface area contributed by atoms with Crippen LogP contribution in [0.15, 0.2) is 54.7 Å². The standard InChI is InChI=1S/C20H16F3N3O2/c1-2-28-14-6-4-13(5-7-14)25-20(27)12-3-10-17(24-11-12)26-16-9-8-15(21)18(22)19(16)23/h3-11H,2H2,1H3,(H,24,26)(H,25,27). The molecule has 144 valence electrons. The van der Waals surface area contributed by atoms with Gasteiger partial charge < -0.3 is 15.4 Å². The number of amides is 1. The summed E-state index contributed by atoms with van der Waals surface area (Å²) in [5, 5.41) is 5.25. The van der Waals surface area contributed by atoms with Gasteiger partial charge in [0, 0.05) is 11.9 Å². The van der Waals surface area contributed by atoms with Gasteiger partial charge in [0.1, 0.15) is 11.6 Å². The molecule has 28 heavy (non-hydrogen) atoms. The van der Waals surface area contributed by atoms with Crippen molar-refractivity contribution in [2.45, 2.75) is 6.92 Å². The van der Waals surface area contributed by atoms with Gasteiger partial charge in [0.15, 0.2) is 17.5 Å². The second-order valence-corrected chi connectivity index (χ2v) is 5.69. The van der Waals surface area contributed by atoms with E-state index in [2.05, 4.69) is 15.6 Å². The fourth-order valence-electron chi connectivity index (χ4n) is 2.37. The topological polar surface area (TPSA) is 63.2 Å². The maximum atomic E-state index is 13.7. The highest BCUT2D eigenvalue weighted by molar-refractivity contribution is 6.04. The first-order chi connectivity index (χ1) is 13.5. The second-order valence-electron chi connectivity index (χ2n) is 5.69. The Morgan fingerprint density at radius 2 is 1.75 bits per heavy atom. The second kappa shape index (κ2) is 8.43. The number of hydrogen-bond donors (Lipinski definition) is 2. The quantitative estimate of drug-likeness (QED) is 0.591. The van der Waals surface area contributed by atoms with E-state index in [0.29, 0.717) is 18.0 Å². The first kappa shape index (κ1) is 19.2. The molecule has 0 spiro atoms. The molecule has 5 nitrogen and oxygen atoms in total. The average Bonchev–Trinajstić information content (AvgIpc) is 2.70. The van der Waals surface area contributed by atoms with Crippen LogP contribution in [-0.2, 0) is 0 Å². The third kappa shape index (κ3) is 4.40. The first-order valence-electron chi connectivity index (χ1n) is 8.38. The Morgan fingerprint density at radius 3 is 2.39 bits per heavy atom. The number of pyridine rings is 1. The van der Waals surface area contributed by atoms with Gasteiger partial charge in [-0.05, 0) is 55.5 Å². The average molecular weight is 387 g/mol. The highest BCUT2D eigenvalue weighted by Crippen LogP contribution is 2.23. The molecule has 0 saturated carbocycles. The first-order valence-corrected chi connectivity index (χ1v) is 8.38. The molecule has 1 amide bonds. The van der Waals surface area contributed by atoms with E-state index in [9.17, 15) is 18.0 Å². The predicted molar refractivity (Wildman–Crippen MR) is 99.4 cm³/mol. The molecule has 1 heterocycles. The lowest BCUT2D eigenvalue weighted by atomic mass is 10.2. The van der Waals surface area contributed by atoms with Crippen LogP contribution in [0.25, 0.3) is 0 Å². The molecule has 3 aromatic rings. The predicted octanol–water partition coefficient (Wildman–Crippen LogP) is 4.89. The van der Waals surface area contributed by atoms with Crippen molar-refractivity contribution in [2.75, 3.05) is 17.2 Å². The highest BCUT2D eigenvalue weighted by atomic mass is 19.2. The Labute approximate surface area is 159 Å². The lowest BCUT2D eigenvalue weighted by molar-refractivity contribution is 0.102. The van der Waals surface area contributed by atoms with Crippen molar-refractivity contribution in [1.82, 2.24) is 4.98 Å². The van der Waals surface area contributed by atoms with Crippen LogP contribution >= 0.6 is 0 Å². The molecule has 0 atom stereocenters. The Morgan fingerprint density at radius 1 is 1.00 bits per heavy atom. The number of benzene rings is 2. The molecule has 0 unspecified atom stereocenters. The molecule has 0 radical (unpaired) electrons. The molecule has 0 aliphatic rings. The molecule has 3 rings (SSSR count). The zero-order valence-corrected chi connectivity index (χ0v) is 14.8. The molecule has 2 aromatic carbocycles. The Kier molecular flexibility index (Phi) is 5.78. The fraction of sp³-hybridized carbons (Fsp3) is 0.100. The van der Waals surface area contributed by atoms with Crippen molar-refractivity contribution < 1.29 is 22.7 Å².